The molecule has 0 heterocycles. The van der Waals surface area contributed by atoms with E-state index in [2.05, 4.69) is 5.32 Å². The van der Waals surface area contributed by atoms with Crippen LogP contribution in [0.2, 0.25) is 10.0 Å². The first-order valence-electron chi connectivity index (χ1n) is 5.81. The molecule has 1 N–H and O–H groups in total. The largest absolute Gasteiger partial charge is 0.417 e. The van der Waals surface area contributed by atoms with Crippen LogP contribution in [0.25, 0.3) is 0 Å². The Bertz CT molecular complexity index is 731. The average molecular weight is 352 g/mol. The summed E-state index contributed by atoms with van der Waals surface area (Å²) in [7, 11) is 0. The monoisotopic (exact) mass is 351 g/mol. The lowest BCUT2D eigenvalue weighted by molar-refractivity contribution is -0.137. The quantitative estimate of drug-likeness (QED) is 0.720. The number of carbonyl (C=O) groups excluding carboxylic acids is 1. The van der Waals surface area contributed by atoms with Crippen molar-refractivity contribution in [3.05, 3.63) is 63.4 Å². The van der Waals surface area contributed by atoms with Crippen LogP contribution in [0.15, 0.2) is 36.4 Å². The number of hydrogen-bond donors (Lipinski definition) is 1. The zero-order valence-electron chi connectivity index (χ0n) is 10.6. The van der Waals surface area contributed by atoms with Gasteiger partial charge in [0.05, 0.1) is 21.2 Å². The number of alkyl halides is 3. The number of carbonyl (C=O) groups is 1. The van der Waals surface area contributed by atoms with Crippen molar-refractivity contribution in [1.82, 2.24) is 0 Å². The molecular formula is C14H7Cl2F4NO. The van der Waals surface area contributed by atoms with Crippen molar-refractivity contribution in [3.8, 4) is 0 Å². The van der Waals surface area contributed by atoms with Gasteiger partial charge in [-0.15, -0.1) is 0 Å². The van der Waals surface area contributed by atoms with Gasteiger partial charge in [0.15, 0.2) is 0 Å². The number of anilines is 1. The van der Waals surface area contributed by atoms with Gasteiger partial charge in [-0.25, -0.2) is 4.39 Å². The lowest BCUT2D eigenvalue weighted by Gasteiger charge is -2.12. The molecule has 0 aromatic heterocycles. The number of nitrogens with one attached hydrogen (secondary N) is 1. The third kappa shape index (κ3) is 3.69. The van der Waals surface area contributed by atoms with Gasteiger partial charge in [0, 0.05) is 5.69 Å². The molecule has 0 radical (unpaired) electrons. The van der Waals surface area contributed by atoms with Crippen LogP contribution in [0, 0.1) is 5.82 Å². The maximum Gasteiger partial charge on any atom is 0.417 e. The maximum absolute atomic E-state index is 12.9. The van der Waals surface area contributed by atoms with Crippen LogP contribution in [0.1, 0.15) is 15.9 Å². The number of benzene rings is 2. The van der Waals surface area contributed by atoms with E-state index in [0.29, 0.717) is 6.07 Å². The second-order valence-corrected chi connectivity index (χ2v) is 5.09. The minimum absolute atomic E-state index is 0.0634. The highest BCUT2D eigenvalue weighted by molar-refractivity contribution is 6.34. The molecule has 1 amide bonds. The molecule has 2 nitrogen and oxygen atoms in total. The van der Waals surface area contributed by atoms with Crippen LogP contribution in [0.3, 0.4) is 0 Å². The molecule has 0 saturated heterocycles. The first kappa shape index (κ1) is 16.6. The van der Waals surface area contributed by atoms with E-state index in [4.69, 9.17) is 23.2 Å². The molecular weight excluding hydrogens is 345 g/mol. The SMILES string of the molecule is O=C(Nc1ccc(Cl)c(C(F)(F)F)c1)c1ccc(F)cc1Cl. The molecule has 0 aliphatic rings. The van der Waals surface area contributed by atoms with E-state index < -0.39 is 28.5 Å². The molecule has 0 fully saturated rings. The van der Waals surface area contributed by atoms with Gasteiger partial charge in [0.1, 0.15) is 5.82 Å². The lowest BCUT2D eigenvalue weighted by atomic mass is 10.1. The third-order valence-corrected chi connectivity index (χ3v) is 3.35. The van der Waals surface area contributed by atoms with Gasteiger partial charge in [0.25, 0.3) is 5.91 Å². The molecule has 0 aliphatic heterocycles. The Morgan fingerprint density at radius 2 is 1.68 bits per heavy atom. The number of rotatable bonds is 2. The topological polar surface area (TPSA) is 29.1 Å². The van der Waals surface area contributed by atoms with Crippen molar-refractivity contribution >= 4 is 34.8 Å². The predicted octanol–water partition coefficient (Wildman–Crippen LogP) is 5.40. The predicted molar refractivity (Wildman–Crippen MR) is 75.8 cm³/mol. The molecule has 0 atom stereocenters. The van der Waals surface area contributed by atoms with Crippen LogP contribution in [-0.2, 0) is 6.18 Å². The van der Waals surface area contributed by atoms with E-state index in [1.54, 1.807) is 0 Å². The Morgan fingerprint density at radius 3 is 2.27 bits per heavy atom. The standard InChI is InChI=1S/C14H7Cl2F4NO/c15-11-4-2-8(6-10(11)14(18,19)20)21-13(22)9-3-1-7(17)5-12(9)16/h1-6H,(H,21,22). The number of hydrogen-bond acceptors (Lipinski definition) is 1. The van der Waals surface area contributed by atoms with E-state index in [-0.39, 0.29) is 16.3 Å². The summed E-state index contributed by atoms with van der Waals surface area (Å²) in [5.41, 5.74) is -1.24. The Morgan fingerprint density at radius 1 is 1.00 bits per heavy atom. The normalized spacial score (nSPS) is 11.4. The van der Waals surface area contributed by atoms with Gasteiger partial charge in [0.2, 0.25) is 0 Å². The summed E-state index contributed by atoms with van der Waals surface area (Å²) in [4.78, 5) is 12.0. The summed E-state index contributed by atoms with van der Waals surface area (Å²) in [5.74, 6) is -1.40. The molecule has 0 aliphatic carbocycles. The van der Waals surface area contributed by atoms with Crippen LogP contribution < -0.4 is 5.32 Å². The third-order valence-electron chi connectivity index (χ3n) is 2.71. The fourth-order valence-corrected chi connectivity index (χ4v) is 2.17. The van der Waals surface area contributed by atoms with E-state index >= 15 is 0 Å². The lowest BCUT2D eigenvalue weighted by Crippen LogP contribution is -2.14. The summed E-state index contributed by atoms with van der Waals surface area (Å²) in [6.45, 7) is 0. The first-order valence-corrected chi connectivity index (χ1v) is 6.57. The van der Waals surface area contributed by atoms with Crippen molar-refractivity contribution in [2.75, 3.05) is 5.32 Å². The van der Waals surface area contributed by atoms with Gasteiger partial charge in [-0.05, 0) is 36.4 Å². The van der Waals surface area contributed by atoms with Gasteiger partial charge in [-0.2, -0.15) is 13.2 Å². The second kappa shape index (κ2) is 6.14. The van der Waals surface area contributed by atoms with Crippen LogP contribution >= 0.6 is 23.2 Å². The van der Waals surface area contributed by atoms with Gasteiger partial charge in [-0.1, -0.05) is 23.2 Å². The highest BCUT2D eigenvalue weighted by Gasteiger charge is 2.33. The molecule has 2 rings (SSSR count). The molecule has 0 saturated carbocycles. The molecule has 0 unspecified atom stereocenters. The van der Waals surface area contributed by atoms with E-state index in [1.165, 1.54) is 6.07 Å². The molecule has 116 valence electrons. The number of amides is 1. The molecule has 2 aromatic rings. The Kier molecular flexibility index (Phi) is 4.63. The van der Waals surface area contributed by atoms with Gasteiger partial charge >= 0.3 is 6.18 Å². The van der Waals surface area contributed by atoms with Gasteiger partial charge < -0.3 is 5.32 Å². The van der Waals surface area contributed by atoms with Crippen molar-refractivity contribution in [1.29, 1.82) is 0 Å². The van der Waals surface area contributed by atoms with Crippen LogP contribution in [-0.4, -0.2) is 5.91 Å². The average Bonchev–Trinajstić information content (AvgIpc) is 2.39. The summed E-state index contributed by atoms with van der Waals surface area (Å²) >= 11 is 11.2. The smallest absolute Gasteiger partial charge is 0.322 e. The fourth-order valence-electron chi connectivity index (χ4n) is 1.69. The van der Waals surface area contributed by atoms with Crippen molar-refractivity contribution in [2.24, 2.45) is 0 Å². The highest BCUT2D eigenvalue weighted by Crippen LogP contribution is 2.36. The van der Waals surface area contributed by atoms with E-state index in [1.807, 2.05) is 0 Å². The highest BCUT2D eigenvalue weighted by atomic mass is 35.5. The molecule has 2 aromatic carbocycles. The second-order valence-electron chi connectivity index (χ2n) is 4.27. The number of halogens is 6. The molecule has 0 bridgehead atoms. The minimum atomic E-state index is -4.65. The zero-order chi connectivity index (χ0) is 16.5. The van der Waals surface area contributed by atoms with E-state index in [9.17, 15) is 22.4 Å². The Hall–Kier alpha value is -1.79. The maximum atomic E-state index is 12.9. The molecule has 0 spiro atoms. The molecule has 22 heavy (non-hydrogen) atoms. The fraction of sp³-hybridized carbons (Fsp3) is 0.0714. The van der Waals surface area contributed by atoms with E-state index in [0.717, 1.165) is 24.3 Å². The first-order chi connectivity index (χ1) is 10.2. The van der Waals surface area contributed by atoms with Crippen molar-refractivity contribution in [2.45, 2.75) is 6.18 Å². The Labute approximate surface area is 132 Å². The Balaban J connectivity index is 2.29. The summed E-state index contributed by atoms with van der Waals surface area (Å²) in [6, 6.07) is 6.02. The van der Waals surface area contributed by atoms with Crippen LogP contribution in [0.4, 0.5) is 23.2 Å². The zero-order valence-corrected chi connectivity index (χ0v) is 12.2. The van der Waals surface area contributed by atoms with Gasteiger partial charge in [-0.3, -0.25) is 4.79 Å². The van der Waals surface area contributed by atoms with Crippen LogP contribution in [0.5, 0.6) is 0 Å². The summed E-state index contributed by atoms with van der Waals surface area (Å²) < 4.78 is 51.1. The van der Waals surface area contributed by atoms with Crippen molar-refractivity contribution in [3.63, 3.8) is 0 Å². The minimum Gasteiger partial charge on any atom is -0.322 e. The molecule has 8 heteroatoms. The summed E-state index contributed by atoms with van der Waals surface area (Å²) in [6.07, 6.45) is -4.65. The van der Waals surface area contributed by atoms with Crippen molar-refractivity contribution < 1.29 is 22.4 Å². The summed E-state index contributed by atoms with van der Waals surface area (Å²) in [5, 5.41) is 1.62.